The van der Waals surface area contributed by atoms with Crippen molar-refractivity contribution in [1.82, 2.24) is 14.8 Å². The van der Waals surface area contributed by atoms with Gasteiger partial charge in [-0.25, -0.2) is 0 Å². The van der Waals surface area contributed by atoms with Gasteiger partial charge in [0.15, 0.2) is 0 Å². The zero-order chi connectivity index (χ0) is 30.3. The number of hydrogen-bond acceptors (Lipinski definition) is 3. The fraction of sp³-hybridized carbons (Fsp3) is 0.353. The highest BCUT2D eigenvalue weighted by Crippen LogP contribution is 2.25. The molecule has 0 radical (unpaired) electrons. The van der Waals surface area contributed by atoms with E-state index in [1.165, 1.54) is 5.56 Å². The molecule has 8 heteroatoms. The Morgan fingerprint density at radius 3 is 2.36 bits per heavy atom. The van der Waals surface area contributed by atoms with Crippen LogP contribution in [0.1, 0.15) is 54.2 Å². The van der Waals surface area contributed by atoms with Gasteiger partial charge in [0, 0.05) is 55.5 Å². The summed E-state index contributed by atoms with van der Waals surface area (Å²) in [7, 11) is 1.62. The van der Waals surface area contributed by atoms with Crippen LogP contribution in [0.15, 0.2) is 72.9 Å². The lowest BCUT2D eigenvalue weighted by Gasteiger charge is -2.28. The van der Waals surface area contributed by atoms with Gasteiger partial charge < -0.3 is 19.5 Å². The van der Waals surface area contributed by atoms with Crippen LogP contribution in [-0.2, 0) is 27.9 Å². The summed E-state index contributed by atoms with van der Waals surface area (Å²) in [6.45, 7) is 8.24. The SMILES string of the molecule is COCCCN(CC(=O)N(CCc1c[nH]c2ccccc12)Cc1ccc(C(C)(C)C)cc1)C(=O)c1ccc(Cl)cc1Cl. The summed E-state index contributed by atoms with van der Waals surface area (Å²) in [4.78, 5) is 34.3. The zero-order valence-corrected chi connectivity index (χ0v) is 26.3. The number of aromatic nitrogens is 1. The van der Waals surface area contributed by atoms with Crippen molar-refractivity contribution < 1.29 is 14.3 Å². The molecule has 4 aromatic rings. The molecule has 0 spiro atoms. The summed E-state index contributed by atoms with van der Waals surface area (Å²) < 4.78 is 5.22. The van der Waals surface area contributed by atoms with Gasteiger partial charge in [-0.3, -0.25) is 9.59 Å². The molecule has 1 aromatic heterocycles. The van der Waals surface area contributed by atoms with Gasteiger partial charge in [-0.1, -0.05) is 86.4 Å². The van der Waals surface area contributed by atoms with Crippen LogP contribution in [0.3, 0.4) is 0 Å². The number of carbonyl (C=O) groups excluding carboxylic acids is 2. The van der Waals surface area contributed by atoms with Crippen LogP contribution in [-0.4, -0.2) is 59.9 Å². The maximum atomic E-state index is 14.0. The zero-order valence-electron chi connectivity index (χ0n) is 24.8. The standard InChI is InChI=1S/C34H39Cl2N3O3/c1-34(2,3)26-12-10-24(11-13-26)22-38(18-16-25-21-37-31-9-6-5-8-28(25)31)32(40)23-39(17-7-19-42-4)33(41)29-15-14-27(35)20-30(29)36/h5-6,8-15,20-21,37H,7,16-19,22-23H2,1-4H3. The largest absolute Gasteiger partial charge is 0.385 e. The van der Waals surface area contributed by atoms with E-state index >= 15 is 0 Å². The molecular formula is C34H39Cl2N3O3. The summed E-state index contributed by atoms with van der Waals surface area (Å²) >= 11 is 12.4. The van der Waals surface area contributed by atoms with E-state index in [-0.39, 0.29) is 28.8 Å². The molecule has 222 valence electrons. The van der Waals surface area contributed by atoms with Gasteiger partial charge in [0.05, 0.1) is 10.6 Å². The molecule has 0 saturated heterocycles. The Balaban J connectivity index is 1.58. The predicted octanol–water partition coefficient (Wildman–Crippen LogP) is 7.52. The molecule has 4 rings (SSSR count). The van der Waals surface area contributed by atoms with E-state index in [9.17, 15) is 9.59 Å². The molecule has 3 aromatic carbocycles. The monoisotopic (exact) mass is 607 g/mol. The molecule has 0 aliphatic heterocycles. The Hall–Kier alpha value is -3.32. The number of hydrogen-bond donors (Lipinski definition) is 1. The molecule has 0 aliphatic carbocycles. The highest BCUT2D eigenvalue weighted by molar-refractivity contribution is 6.36. The maximum absolute atomic E-state index is 14.0. The van der Waals surface area contributed by atoms with Gasteiger partial charge in [0.25, 0.3) is 5.91 Å². The Bertz CT molecular complexity index is 1510. The number of ether oxygens (including phenoxy) is 1. The topological polar surface area (TPSA) is 65.6 Å². The third kappa shape index (κ3) is 8.15. The smallest absolute Gasteiger partial charge is 0.255 e. The van der Waals surface area contributed by atoms with Gasteiger partial charge in [0.2, 0.25) is 5.91 Å². The molecule has 1 N–H and O–H groups in total. The Labute approximate surface area is 258 Å². The summed E-state index contributed by atoms with van der Waals surface area (Å²) in [5.41, 5.74) is 4.83. The molecule has 1 heterocycles. The first kappa shape index (κ1) is 31.6. The molecule has 42 heavy (non-hydrogen) atoms. The minimum Gasteiger partial charge on any atom is -0.385 e. The highest BCUT2D eigenvalue weighted by atomic mass is 35.5. The van der Waals surface area contributed by atoms with Crippen molar-refractivity contribution in [3.63, 3.8) is 0 Å². The number of aromatic amines is 1. The summed E-state index contributed by atoms with van der Waals surface area (Å²) in [6, 6.07) is 21.4. The van der Waals surface area contributed by atoms with Crippen LogP contribution in [0, 0.1) is 0 Å². The predicted molar refractivity (Wildman–Crippen MR) is 171 cm³/mol. The maximum Gasteiger partial charge on any atom is 0.255 e. The van der Waals surface area contributed by atoms with Crippen molar-refractivity contribution in [1.29, 1.82) is 0 Å². The molecule has 0 unspecified atom stereocenters. The molecule has 0 bridgehead atoms. The van der Waals surface area contributed by atoms with Crippen molar-refractivity contribution in [2.24, 2.45) is 0 Å². The number of H-pyrrole nitrogens is 1. The number of halogens is 2. The minimum absolute atomic E-state index is 0.0371. The second-order valence-corrected chi connectivity index (χ2v) is 12.4. The lowest BCUT2D eigenvalue weighted by atomic mass is 9.87. The lowest BCUT2D eigenvalue weighted by Crippen LogP contribution is -2.44. The molecule has 6 nitrogen and oxygen atoms in total. The van der Waals surface area contributed by atoms with Gasteiger partial charge >= 0.3 is 0 Å². The number of rotatable bonds is 12. The van der Waals surface area contributed by atoms with Crippen LogP contribution in [0.2, 0.25) is 10.0 Å². The Morgan fingerprint density at radius 2 is 1.67 bits per heavy atom. The summed E-state index contributed by atoms with van der Waals surface area (Å²) in [5.74, 6) is -0.446. The number of carbonyl (C=O) groups is 2. The third-order valence-electron chi connectivity index (χ3n) is 7.42. The molecule has 0 fully saturated rings. The average Bonchev–Trinajstić information content (AvgIpc) is 3.37. The fourth-order valence-corrected chi connectivity index (χ4v) is 5.45. The van der Waals surface area contributed by atoms with Crippen LogP contribution in [0.5, 0.6) is 0 Å². The van der Waals surface area contributed by atoms with Crippen molar-refractivity contribution in [3.8, 4) is 0 Å². The fourth-order valence-electron chi connectivity index (χ4n) is 4.97. The van der Waals surface area contributed by atoms with E-state index < -0.39 is 0 Å². The summed E-state index contributed by atoms with van der Waals surface area (Å²) in [6.07, 6.45) is 3.27. The molecule has 0 atom stereocenters. The number of nitrogens with zero attached hydrogens (tertiary/aromatic N) is 2. The number of nitrogens with one attached hydrogen (secondary N) is 1. The van der Waals surface area contributed by atoms with Crippen molar-refractivity contribution in [2.75, 3.05) is 33.4 Å². The number of benzene rings is 3. The average molecular weight is 609 g/mol. The van der Waals surface area contributed by atoms with Crippen molar-refractivity contribution >= 4 is 45.9 Å². The molecule has 0 aliphatic rings. The first-order valence-electron chi connectivity index (χ1n) is 14.2. The molecule has 0 saturated carbocycles. The molecule has 2 amide bonds. The second-order valence-electron chi connectivity index (χ2n) is 11.6. The minimum atomic E-state index is -0.313. The van der Waals surface area contributed by atoms with E-state index in [4.69, 9.17) is 27.9 Å². The highest BCUT2D eigenvalue weighted by Gasteiger charge is 2.24. The van der Waals surface area contributed by atoms with Crippen LogP contribution in [0.25, 0.3) is 10.9 Å². The van der Waals surface area contributed by atoms with E-state index in [0.29, 0.717) is 49.7 Å². The quantitative estimate of drug-likeness (QED) is 0.169. The summed E-state index contributed by atoms with van der Waals surface area (Å²) in [5, 5.41) is 1.85. The van der Waals surface area contributed by atoms with E-state index in [1.807, 2.05) is 29.3 Å². The first-order valence-corrected chi connectivity index (χ1v) is 15.0. The molecular weight excluding hydrogens is 569 g/mol. The van der Waals surface area contributed by atoms with Gasteiger partial charge in [-0.15, -0.1) is 0 Å². The lowest BCUT2D eigenvalue weighted by molar-refractivity contribution is -0.132. The Morgan fingerprint density at radius 1 is 0.929 bits per heavy atom. The third-order valence-corrected chi connectivity index (χ3v) is 7.97. The van der Waals surface area contributed by atoms with E-state index in [2.05, 4.69) is 56.1 Å². The number of methoxy groups -OCH3 is 1. The number of para-hydroxylation sites is 1. The van der Waals surface area contributed by atoms with Gasteiger partial charge in [-0.2, -0.15) is 0 Å². The second kappa shape index (κ2) is 14.2. The van der Waals surface area contributed by atoms with Crippen molar-refractivity contribution in [2.45, 2.75) is 45.6 Å². The van der Waals surface area contributed by atoms with Gasteiger partial charge in [-0.05, 0) is 59.2 Å². The van der Waals surface area contributed by atoms with Crippen molar-refractivity contribution in [3.05, 3.63) is 105 Å². The van der Waals surface area contributed by atoms with Crippen LogP contribution < -0.4 is 0 Å². The van der Waals surface area contributed by atoms with E-state index in [0.717, 1.165) is 22.0 Å². The van der Waals surface area contributed by atoms with E-state index in [1.54, 1.807) is 30.2 Å². The first-order chi connectivity index (χ1) is 20.1. The van der Waals surface area contributed by atoms with Crippen LogP contribution >= 0.6 is 23.2 Å². The normalized spacial score (nSPS) is 11.6. The number of amides is 2. The number of fused-ring (bicyclic) bond motifs is 1. The van der Waals surface area contributed by atoms with Gasteiger partial charge in [0.1, 0.15) is 6.54 Å². The Kier molecular flexibility index (Phi) is 10.7. The van der Waals surface area contributed by atoms with Crippen LogP contribution in [0.4, 0.5) is 0 Å².